The van der Waals surface area contributed by atoms with E-state index >= 15 is 0 Å². The summed E-state index contributed by atoms with van der Waals surface area (Å²) >= 11 is 0. The number of hydrogen-bond donors (Lipinski definition) is 2. The first-order valence-corrected chi connectivity index (χ1v) is 11.5. The molecular weight excluding hydrogens is 403 g/mol. The van der Waals surface area contributed by atoms with Crippen molar-refractivity contribution < 1.29 is 13.2 Å². The van der Waals surface area contributed by atoms with Gasteiger partial charge in [0.15, 0.2) is 5.96 Å². The number of halogens is 3. The number of hydrogen-bond acceptors (Lipinski definition) is 3. The number of aliphatic imine (C=N–C) groups is 1. The van der Waals surface area contributed by atoms with Crippen LogP contribution in [0.2, 0.25) is 0 Å². The van der Waals surface area contributed by atoms with Crippen molar-refractivity contribution in [1.29, 1.82) is 0 Å². The summed E-state index contributed by atoms with van der Waals surface area (Å²) in [4.78, 5) is 8.41. The van der Waals surface area contributed by atoms with Gasteiger partial charge in [-0.05, 0) is 69.8 Å². The molecule has 0 saturated carbocycles. The Morgan fingerprint density at radius 2 is 1.74 bits per heavy atom. The molecule has 2 N–H and O–H groups in total. The molecule has 0 aliphatic carbocycles. The van der Waals surface area contributed by atoms with Gasteiger partial charge in [-0.15, -0.1) is 0 Å². The lowest BCUT2D eigenvalue weighted by Crippen LogP contribution is -2.44. The van der Waals surface area contributed by atoms with E-state index in [9.17, 15) is 13.2 Å². The van der Waals surface area contributed by atoms with Gasteiger partial charge in [0.2, 0.25) is 0 Å². The maximum Gasteiger partial charge on any atom is 0.401 e. The monoisotopic (exact) mass is 439 g/mol. The number of likely N-dealkylation sites (tertiary alicyclic amines) is 2. The molecule has 2 saturated heterocycles. The van der Waals surface area contributed by atoms with E-state index < -0.39 is 12.7 Å². The first-order valence-electron chi connectivity index (χ1n) is 11.5. The van der Waals surface area contributed by atoms with Gasteiger partial charge in [-0.25, -0.2) is 0 Å². The van der Waals surface area contributed by atoms with Crippen LogP contribution in [-0.2, 0) is 0 Å². The molecule has 0 aromatic heterocycles. The zero-order chi connectivity index (χ0) is 22.1. The third-order valence-corrected chi connectivity index (χ3v) is 6.41. The van der Waals surface area contributed by atoms with Gasteiger partial charge < -0.3 is 10.6 Å². The van der Waals surface area contributed by atoms with E-state index in [1.807, 2.05) is 6.07 Å². The van der Waals surface area contributed by atoms with E-state index in [2.05, 4.69) is 44.8 Å². The second-order valence-corrected chi connectivity index (χ2v) is 8.67. The zero-order valence-corrected chi connectivity index (χ0v) is 18.5. The molecule has 1 atom stereocenters. The number of nitrogens with one attached hydrogen (secondary N) is 2. The number of nitrogens with zero attached hydrogens (tertiary/aromatic N) is 3. The Kier molecular flexibility index (Phi) is 9.02. The molecule has 2 heterocycles. The predicted molar refractivity (Wildman–Crippen MR) is 119 cm³/mol. The minimum Gasteiger partial charge on any atom is -0.356 e. The summed E-state index contributed by atoms with van der Waals surface area (Å²) in [6.45, 7) is 4.11. The Morgan fingerprint density at radius 3 is 2.35 bits per heavy atom. The number of alkyl halides is 3. The van der Waals surface area contributed by atoms with Crippen molar-refractivity contribution >= 4 is 5.96 Å². The molecule has 1 aromatic carbocycles. The molecule has 31 heavy (non-hydrogen) atoms. The van der Waals surface area contributed by atoms with Gasteiger partial charge in [-0.1, -0.05) is 30.3 Å². The topological polar surface area (TPSA) is 42.9 Å². The lowest BCUT2D eigenvalue weighted by atomic mass is 9.93. The lowest BCUT2D eigenvalue weighted by Gasteiger charge is -2.32. The summed E-state index contributed by atoms with van der Waals surface area (Å²) in [6.07, 6.45) is 1.01. The van der Waals surface area contributed by atoms with Gasteiger partial charge >= 0.3 is 6.18 Å². The van der Waals surface area contributed by atoms with E-state index in [1.54, 1.807) is 7.05 Å². The van der Waals surface area contributed by atoms with Crippen LogP contribution in [-0.4, -0.2) is 74.8 Å². The van der Waals surface area contributed by atoms with Crippen LogP contribution in [0.4, 0.5) is 13.2 Å². The van der Waals surface area contributed by atoms with E-state index in [0.29, 0.717) is 25.0 Å². The summed E-state index contributed by atoms with van der Waals surface area (Å²) in [5.74, 6) is 1.26. The quantitative estimate of drug-likeness (QED) is 0.479. The summed E-state index contributed by atoms with van der Waals surface area (Å²) in [5, 5.41) is 6.87. The SMILES string of the molecule is CN=C(NCCC1CCN(CC(F)(F)F)CC1)NCC(c1ccccc1)N1CCCC1. The Labute approximate surface area is 184 Å². The van der Waals surface area contributed by atoms with E-state index in [1.165, 1.54) is 23.3 Å². The van der Waals surface area contributed by atoms with Crippen LogP contribution in [0.1, 0.15) is 43.7 Å². The van der Waals surface area contributed by atoms with Gasteiger partial charge in [0.1, 0.15) is 0 Å². The molecule has 1 unspecified atom stereocenters. The number of benzene rings is 1. The molecule has 0 spiro atoms. The fourth-order valence-corrected chi connectivity index (χ4v) is 4.68. The minimum atomic E-state index is -4.10. The van der Waals surface area contributed by atoms with Gasteiger partial charge in [0.25, 0.3) is 0 Å². The van der Waals surface area contributed by atoms with Crippen molar-refractivity contribution in [2.24, 2.45) is 10.9 Å². The molecule has 174 valence electrons. The third-order valence-electron chi connectivity index (χ3n) is 6.41. The first-order chi connectivity index (χ1) is 14.9. The molecule has 0 amide bonds. The Bertz CT molecular complexity index is 666. The van der Waals surface area contributed by atoms with Crippen LogP contribution in [0.15, 0.2) is 35.3 Å². The summed E-state index contributed by atoms with van der Waals surface area (Å²) in [6, 6.07) is 10.9. The fourth-order valence-electron chi connectivity index (χ4n) is 4.68. The molecule has 5 nitrogen and oxygen atoms in total. The molecule has 2 aliphatic heterocycles. The van der Waals surface area contributed by atoms with Crippen LogP contribution < -0.4 is 10.6 Å². The second kappa shape index (κ2) is 11.7. The van der Waals surface area contributed by atoms with Gasteiger partial charge in [0.05, 0.1) is 12.6 Å². The normalized spacial score (nSPS) is 20.7. The maximum atomic E-state index is 12.5. The number of piperidine rings is 1. The average molecular weight is 440 g/mol. The van der Waals surface area contributed by atoms with Crippen molar-refractivity contribution in [3.63, 3.8) is 0 Å². The van der Waals surface area contributed by atoms with Crippen molar-refractivity contribution in [2.45, 2.75) is 44.3 Å². The van der Waals surface area contributed by atoms with E-state index in [0.717, 1.165) is 51.4 Å². The van der Waals surface area contributed by atoms with Crippen molar-refractivity contribution in [1.82, 2.24) is 20.4 Å². The molecule has 3 rings (SSSR count). The van der Waals surface area contributed by atoms with Crippen LogP contribution in [0.3, 0.4) is 0 Å². The minimum absolute atomic E-state index is 0.320. The van der Waals surface area contributed by atoms with Crippen LogP contribution in [0, 0.1) is 5.92 Å². The Hall–Kier alpha value is -1.80. The van der Waals surface area contributed by atoms with Gasteiger partial charge in [0, 0.05) is 20.1 Å². The molecule has 8 heteroatoms. The fraction of sp³-hybridized carbons (Fsp3) is 0.696. The smallest absolute Gasteiger partial charge is 0.356 e. The first kappa shape index (κ1) is 23.9. The predicted octanol–water partition coefficient (Wildman–Crippen LogP) is 3.65. The summed E-state index contributed by atoms with van der Waals surface area (Å²) in [7, 11) is 1.78. The van der Waals surface area contributed by atoms with Crippen molar-refractivity contribution in [3.05, 3.63) is 35.9 Å². The zero-order valence-electron chi connectivity index (χ0n) is 18.5. The van der Waals surface area contributed by atoms with Crippen LogP contribution >= 0.6 is 0 Å². The number of guanidine groups is 1. The highest BCUT2D eigenvalue weighted by Crippen LogP contribution is 2.25. The van der Waals surface area contributed by atoms with Gasteiger partial charge in [-0.3, -0.25) is 14.8 Å². The third kappa shape index (κ3) is 8.00. The Balaban J connectivity index is 1.40. The average Bonchev–Trinajstić information content (AvgIpc) is 3.28. The van der Waals surface area contributed by atoms with E-state index in [4.69, 9.17) is 0 Å². The highest BCUT2D eigenvalue weighted by atomic mass is 19.4. The second-order valence-electron chi connectivity index (χ2n) is 8.67. The molecule has 0 radical (unpaired) electrons. The standard InChI is InChI=1S/C23H36F3N5/c1-27-22(28-12-9-19-10-15-30(16-11-19)18-23(24,25)26)29-17-21(31-13-5-6-14-31)20-7-3-2-4-8-20/h2-4,7-8,19,21H,5-6,9-18H2,1H3,(H2,27,28,29). The summed E-state index contributed by atoms with van der Waals surface area (Å²) in [5.41, 5.74) is 1.32. The highest BCUT2D eigenvalue weighted by Gasteiger charge is 2.32. The largest absolute Gasteiger partial charge is 0.401 e. The highest BCUT2D eigenvalue weighted by molar-refractivity contribution is 5.79. The number of rotatable bonds is 8. The molecule has 2 aliphatic rings. The lowest BCUT2D eigenvalue weighted by molar-refractivity contribution is -0.148. The van der Waals surface area contributed by atoms with Crippen molar-refractivity contribution in [3.8, 4) is 0 Å². The summed E-state index contributed by atoms with van der Waals surface area (Å²) < 4.78 is 37.6. The van der Waals surface area contributed by atoms with Crippen LogP contribution in [0.25, 0.3) is 0 Å². The molecular formula is C23H36F3N5. The molecule has 0 bridgehead atoms. The molecule has 1 aromatic rings. The maximum absolute atomic E-state index is 12.5. The van der Waals surface area contributed by atoms with Gasteiger partial charge in [-0.2, -0.15) is 13.2 Å². The molecule has 2 fully saturated rings. The van der Waals surface area contributed by atoms with E-state index in [-0.39, 0.29) is 0 Å². The van der Waals surface area contributed by atoms with Crippen molar-refractivity contribution in [2.75, 3.05) is 52.9 Å². The Morgan fingerprint density at radius 1 is 1.06 bits per heavy atom. The van der Waals surface area contributed by atoms with Crippen LogP contribution in [0.5, 0.6) is 0 Å².